The first kappa shape index (κ1) is 9.92. The van der Waals surface area contributed by atoms with Crippen molar-refractivity contribution in [2.75, 3.05) is 0 Å². The highest BCUT2D eigenvalue weighted by Gasteiger charge is 2.46. The number of benzene rings is 1. The van der Waals surface area contributed by atoms with Gasteiger partial charge in [-0.3, -0.25) is 0 Å². The van der Waals surface area contributed by atoms with Gasteiger partial charge in [0.2, 0.25) is 0 Å². The lowest BCUT2D eigenvalue weighted by Gasteiger charge is -2.27. The van der Waals surface area contributed by atoms with E-state index in [4.69, 9.17) is 0 Å². The van der Waals surface area contributed by atoms with Crippen molar-refractivity contribution in [3.63, 3.8) is 0 Å². The number of nitrogens with zero attached hydrogens (tertiary/aromatic N) is 3. The number of amidine groups is 1. The van der Waals surface area contributed by atoms with Crippen molar-refractivity contribution in [2.45, 2.75) is 6.54 Å². The van der Waals surface area contributed by atoms with Crippen molar-refractivity contribution in [1.29, 1.82) is 0 Å². The minimum Gasteiger partial charge on any atom is -0.230 e. The van der Waals surface area contributed by atoms with E-state index in [0.717, 1.165) is 11.4 Å². The summed E-state index contributed by atoms with van der Waals surface area (Å²) in [5.74, 6) is 1.18. The van der Waals surface area contributed by atoms with Gasteiger partial charge in [0, 0.05) is 16.8 Å². The zero-order valence-electron chi connectivity index (χ0n) is 9.08. The van der Waals surface area contributed by atoms with Gasteiger partial charge in [0.25, 0.3) is 5.84 Å². The first-order valence-corrected chi connectivity index (χ1v) is 5.34. The second kappa shape index (κ2) is 3.64. The second-order valence-corrected chi connectivity index (χ2v) is 3.98. The molecule has 0 spiro atoms. The molecule has 0 aromatic heterocycles. The van der Waals surface area contributed by atoms with Crippen LogP contribution in [0, 0.1) is 4.91 Å². The summed E-state index contributed by atoms with van der Waals surface area (Å²) in [6, 6.07) is 9.95. The molecule has 2 aliphatic heterocycles. The van der Waals surface area contributed by atoms with E-state index >= 15 is 0 Å². The summed E-state index contributed by atoms with van der Waals surface area (Å²) in [6.07, 6.45) is 5.17. The third kappa shape index (κ3) is 1.40. The van der Waals surface area contributed by atoms with E-state index in [1.807, 2.05) is 36.4 Å². The number of rotatable bonds is 3. The summed E-state index contributed by atoms with van der Waals surface area (Å²) in [5.41, 5.74) is 4.26. The first-order valence-electron chi connectivity index (χ1n) is 5.34. The van der Waals surface area contributed by atoms with Crippen LogP contribution >= 0.6 is 0 Å². The van der Waals surface area contributed by atoms with E-state index in [9.17, 15) is 4.91 Å². The lowest BCUT2D eigenvalue weighted by atomic mass is 10.2. The molecule has 0 bridgehead atoms. The van der Waals surface area contributed by atoms with Gasteiger partial charge in [-0.25, -0.2) is 5.43 Å². The van der Waals surface area contributed by atoms with Gasteiger partial charge in [0.1, 0.15) is 12.7 Å². The third-order valence-electron chi connectivity index (χ3n) is 2.98. The summed E-state index contributed by atoms with van der Waals surface area (Å²) < 4.78 is 0.188. The minimum atomic E-state index is 0.188. The zero-order valence-corrected chi connectivity index (χ0v) is 9.08. The number of nitroso groups, excluding NO2 is 1. The zero-order chi connectivity index (χ0) is 11.7. The topological polar surface area (TPSA) is 53.8 Å². The van der Waals surface area contributed by atoms with Gasteiger partial charge in [-0.05, 0) is 0 Å². The third-order valence-corrected chi connectivity index (χ3v) is 2.98. The summed E-state index contributed by atoms with van der Waals surface area (Å²) in [6.45, 7) is 0.615. The van der Waals surface area contributed by atoms with E-state index in [1.54, 1.807) is 6.20 Å². The van der Waals surface area contributed by atoms with Crippen LogP contribution in [0.25, 0.3) is 0 Å². The lowest BCUT2D eigenvalue weighted by Crippen LogP contribution is -2.52. The van der Waals surface area contributed by atoms with Crippen LogP contribution in [0.3, 0.4) is 0 Å². The number of aliphatic imine (C=N–C) groups is 1. The highest BCUT2D eigenvalue weighted by atomic mass is 16.3. The fraction of sp³-hybridized carbons (Fsp3) is 0.0833. The molecule has 0 fully saturated rings. The van der Waals surface area contributed by atoms with Crippen molar-refractivity contribution in [3.05, 3.63) is 65.1 Å². The van der Waals surface area contributed by atoms with Crippen LogP contribution in [0.4, 0.5) is 0 Å². The smallest absolute Gasteiger partial charge is 0.230 e. The molecule has 5 nitrogen and oxygen atoms in total. The molecule has 17 heavy (non-hydrogen) atoms. The van der Waals surface area contributed by atoms with E-state index in [2.05, 4.69) is 15.6 Å². The van der Waals surface area contributed by atoms with Crippen LogP contribution < -0.4 is 5.43 Å². The van der Waals surface area contributed by atoms with Crippen LogP contribution in [0.1, 0.15) is 5.56 Å². The van der Waals surface area contributed by atoms with Gasteiger partial charge in [-0.2, -0.15) is 4.99 Å². The quantitative estimate of drug-likeness (QED) is 0.634. The molecule has 0 radical (unpaired) electrons. The van der Waals surface area contributed by atoms with Crippen molar-refractivity contribution in [2.24, 2.45) is 10.2 Å². The summed E-state index contributed by atoms with van der Waals surface area (Å²) in [5, 5.41) is 3.06. The van der Waals surface area contributed by atoms with Gasteiger partial charge in [-0.1, -0.05) is 30.3 Å². The highest BCUT2D eigenvalue weighted by Crippen LogP contribution is 2.29. The molecule has 2 heterocycles. The molecule has 0 saturated heterocycles. The number of fused-ring (bicyclic) bond motifs is 1. The van der Waals surface area contributed by atoms with Gasteiger partial charge < -0.3 is 0 Å². The Balaban J connectivity index is 1.97. The van der Waals surface area contributed by atoms with Crippen LogP contribution in [-0.2, 0) is 6.54 Å². The molecule has 0 amide bonds. The molecule has 2 aliphatic rings. The van der Waals surface area contributed by atoms with Crippen LogP contribution in [0.15, 0.2) is 64.8 Å². The Kier molecular flexibility index (Phi) is 2.12. The summed E-state index contributed by atoms with van der Waals surface area (Å²) >= 11 is 0. The normalized spacial score (nSPS) is 24.9. The average Bonchev–Trinajstić information content (AvgIpc) is 2.88. The Labute approximate surface area is 98.3 Å². The van der Waals surface area contributed by atoms with Crippen LogP contribution in [0.5, 0.6) is 0 Å². The van der Waals surface area contributed by atoms with Crippen molar-refractivity contribution < 1.29 is 4.59 Å². The Morgan fingerprint density at radius 1 is 1.29 bits per heavy atom. The first-order chi connectivity index (χ1) is 8.35. The SMILES string of the molecule is O=NC1=CN=C2C=CN[N+]12Cc1ccccc1. The van der Waals surface area contributed by atoms with Gasteiger partial charge >= 0.3 is 5.82 Å². The average molecular weight is 227 g/mol. The molecule has 1 unspecified atom stereocenters. The highest BCUT2D eigenvalue weighted by molar-refractivity contribution is 5.90. The minimum absolute atomic E-state index is 0.188. The summed E-state index contributed by atoms with van der Waals surface area (Å²) in [7, 11) is 0. The van der Waals surface area contributed by atoms with E-state index < -0.39 is 0 Å². The fourth-order valence-corrected chi connectivity index (χ4v) is 2.14. The van der Waals surface area contributed by atoms with Gasteiger partial charge in [0.15, 0.2) is 0 Å². The lowest BCUT2D eigenvalue weighted by molar-refractivity contribution is -0.850. The Morgan fingerprint density at radius 2 is 2.12 bits per heavy atom. The number of hydrogen-bond acceptors (Lipinski definition) is 4. The predicted octanol–water partition coefficient (Wildman–Crippen LogP) is 2.01. The molecule has 3 rings (SSSR count). The van der Waals surface area contributed by atoms with Gasteiger partial charge in [-0.15, -0.1) is 9.50 Å². The van der Waals surface area contributed by atoms with Crippen LogP contribution in [0.2, 0.25) is 0 Å². The van der Waals surface area contributed by atoms with E-state index in [1.165, 1.54) is 6.20 Å². The van der Waals surface area contributed by atoms with Crippen molar-refractivity contribution in [3.8, 4) is 0 Å². The van der Waals surface area contributed by atoms with Crippen molar-refractivity contribution >= 4 is 5.84 Å². The summed E-state index contributed by atoms with van der Waals surface area (Å²) in [4.78, 5) is 15.1. The molecule has 84 valence electrons. The standard InChI is InChI=1S/C12H10N4O/c17-15-12-8-13-11-6-7-14-16(11,12)9-10-4-2-1-3-5-10/h1-8H,9H2/p+1. The van der Waals surface area contributed by atoms with Crippen LogP contribution in [-0.4, -0.2) is 10.4 Å². The molecule has 0 saturated carbocycles. The largest absolute Gasteiger partial charge is 0.317 e. The molecule has 0 aliphatic carbocycles. The molecule has 5 heteroatoms. The maximum Gasteiger partial charge on any atom is 0.317 e. The number of nitrogens with one attached hydrogen (secondary N) is 1. The fourth-order valence-electron chi connectivity index (χ4n) is 2.14. The second-order valence-electron chi connectivity index (χ2n) is 3.98. The predicted molar refractivity (Wildman–Crippen MR) is 64.0 cm³/mol. The Hall–Kier alpha value is -2.27. The molecule has 1 aromatic rings. The molecule has 1 aromatic carbocycles. The number of hydrogen-bond donors (Lipinski definition) is 1. The molecular weight excluding hydrogens is 216 g/mol. The Morgan fingerprint density at radius 3 is 2.88 bits per heavy atom. The molecule has 1 N–H and O–H groups in total. The number of quaternary nitrogens is 1. The van der Waals surface area contributed by atoms with Crippen molar-refractivity contribution in [1.82, 2.24) is 5.43 Å². The monoisotopic (exact) mass is 227 g/mol. The maximum atomic E-state index is 10.9. The molecule has 1 atom stereocenters. The van der Waals surface area contributed by atoms with Gasteiger partial charge in [0.05, 0.1) is 6.20 Å². The van der Waals surface area contributed by atoms with E-state index in [0.29, 0.717) is 12.4 Å². The maximum absolute atomic E-state index is 10.9. The molecular formula is C12H11N4O+. The Bertz CT molecular complexity index is 547. The van der Waals surface area contributed by atoms with E-state index in [-0.39, 0.29) is 4.59 Å².